The summed E-state index contributed by atoms with van der Waals surface area (Å²) in [5.41, 5.74) is 4.47. The fourth-order valence-electron chi connectivity index (χ4n) is 3.48. The number of aromatic amines is 1. The van der Waals surface area contributed by atoms with Gasteiger partial charge in [0.1, 0.15) is 0 Å². The van der Waals surface area contributed by atoms with Crippen LogP contribution in [0.4, 0.5) is 4.79 Å². The topological polar surface area (TPSA) is 82.7 Å². The monoisotopic (exact) mass is 369 g/mol. The summed E-state index contributed by atoms with van der Waals surface area (Å²) in [4.78, 5) is 16.6. The number of hydrogen-bond acceptors (Lipinski definition) is 3. The van der Waals surface area contributed by atoms with Crippen LogP contribution in [-0.4, -0.2) is 33.8 Å². The number of halogens is 1. The summed E-state index contributed by atoms with van der Waals surface area (Å²) in [6, 6.07) is 7.68. The average molecular weight is 370 g/mol. The third kappa shape index (κ3) is 3.65. The minimum atomic E-state index is -0.121. The zero-order chi connectivity index (χ0) is 17.9. The molecule has 0 spiro atoms. The van der Waals surface area contributed by atoms with Gasteiger partial charge < -0.3 is 10.6 Å². The minimum Gasteiger partial charge on any atom is -0.338 e. The van der Waals surface area contributed by atoms with Crippen LogP contribution >= 0.6 is 11.6 Å². The van der Waals surface area contributed by atoms with Crippen LogP contribution in [0.15, 0.2) is 36.7 Å². The molecule has 0 bridgehead atoms. The Hall–Kier alpha value is -2.60. The third-order valence-electron chi connectivity index (χ3n) is 4.84. The van der Waals surface area contributed by atoms with E-state index in [1.807, 2.05) is 36.7 Å². The fourth-order valence-corrected chi connectivity index (χ4v) is 3.61. The molecule has 0 saturated heterocycles. The summed E-state index contributed by atoms with van der Waals surface area (Å²) >= 11 is 5.88. The highest BCUT2D eigenvalue weighted by Crippen LogP contribution is 2.26. The molecular formula is C19H20ClN5O. The number of amides is 2. The van der Waals surface area contributed by atoms with Gasteiger partial charge in [-0.05, 0) is 54.5 Å². The number of aryl methyl sites for hydroxylation is 1. The summed E-state index contributed by atoms with van der Waals surface area (Å²) in [6.07, 6.45) is 7.14. The Balaban J connectivity index is 1.29. The number of carbonyl (C=O) groups is 1. The van der Waals surface area contributed by atoms with E-state index in [0.717, 1.165) is 47.3 Å². The summed E-state index contributed by atoms with van der Waals surface area (Å²) < 4.78 is 0. The lowest BCUT2D eigenvalue weighted by atomic mass is 9.88. The predicted octanol–water partition coefficient (Wildman–Crippen LogP) is 3.01. The molecule has 6 nitrogen and oxygen atoms in total. The highest BCUT2D eigenvalue weighted by atomic mass is 35.5. The number of nitrogens with one attached hydrogen (secondary N) is 3. The number of urea groups is 1. The fraction of sp³-hybridized carbons (Fsp3) is 0.316. The molecule has 1 aliphatic carbocycles. The van der Waals surface area contributed by atoms with E-state index in [1.54, 1.807) is 0 Å². The van der Waals surface area contributed by atoms with Crippen LogP contribution in [0.1, 0.15) is 23.1 Å². The number of fused-ring (bicyclic) bond motifs is 3. The van der Waals surface area contributed by atoms with Crippen LogP contribution in [0.5, 0.6) is 0 Å². The maximum Gasteiger partial charge on any atom is 0.315 e. The van der Waals surface area contributed by atoms with Gasteiger partial charge in [0, 0.05) is 29.2 Å². The number of rotatable bonds is 4. The van der Waals surface area contributed by atoms with E-state index in [4.69, 9.17) is 11.6 Å². The Morgan fingerprint density at radius 1 is 1.27 bits per heavy atom. The summed E-state index contributed by atoms with van der Waals surface area (Å²) in [5.74, 6) is 0. The molecule has 1 aliphatic rings. The molecule has 1 atom stereocenters. The number of H-pyrrole nitrogens is 1. The van der Waals surface area contributed by atoms with Gasteiger partial charge in [0.15, 0.2) is 5.65 Å². The Morgan fingerprint density at radius 2 is 2.12 bits per heavy atom. The van der Waals surface area contributed by atoms with E-state index in [-0.39, 0.29) is 12.1 Å². The van der Waals surface area contributed by atoms with Crippen molar-refractivity contribution < 1.29 is 4.79 Å². The van der Waals surface area contributed by atoms with Gasteiger partial charge in [-0.3, -0.25) is 5.10 Å². The van der Waals surface area contributed by atoms with Gasteiger partial charge in [-0.2, -0.15) is 5.10 Å². The first kappa shape index (κ1) is 16.8. The highest BCUT2D eigenvalue weighted by Gasteiger charge is 2.22. The van der Waals surface area contributed by atoms with E-state index in [9.17, 15) is 4.79 Å². The second kappa shape index (κ2) is 7.33. The van der Waals surface area contributed by atoms with Crippen molar-refractivity contribution in [1.82, 2.24) is 25.8 Å². The molecule has 4 rings (SSSR count). The van der Waals surface area contributed by atoms with Crippen LogP contribution in [0.2, 0.25) is 5.02 Å². The van der Waals surface area contributed by atoms with Gasteiger partial charge in [-0.15, -0.1) is 0 Å². The van der Waals surface area contributed by atoms with Crippen molar-refractivity contribution in [3.8, 4) is 0 Å². The normalized spacial score (nSPS) is 16.3. The molecule has 3 N–H and O–H groups in total. The van der Waals surface area contributed by atoms with Gasteiger partial charge in [0.05, 0.1) is 6.20 Å². The molecule has 0 saturated carbocycles. The molecule has 0 fully saturated rings. The van der Waals surface area contributed by atoms with Gasteiger partial charge in [-0.1, -0.05) is 23.7 Å². The molecular weight excluding hydrogens is 350 g/mol. The highest BCUT2D eigenvalue weighted by molar-refractivity contribution is 6.30. The van der Waals surface area contributed by atoms with E-state index in [1.165, 1.54) is 11.1 Å². The smallest absolute Gasteiger partial charge is 0.315 e. The summed E-state index contributed by atoms with van der Waals surface area (Å²) in [7, 11) is 0. The molecule has 7 heteroatoms. The maximum atomic E-state index is 12.2. The van der Waals surface area contributed by atoms with Crippen molar-refractivity contribution in [2.24, 2.45) is 0 Å². The standard InChI is InChI=1S/C19H20ClN5O/c20-14-3-1-12(2-4-14)7-8-21-19(26)24-15-5-6-16-13(9-15)10-22-18-17(16)11-23-25-18/h1-4,10-11,15H,5-9H2,(H2,21,24,26)(H,22,23,25). The van der Waals surface area contributed by atoms with Crippen LogP contribution in [0.25, 0.3) is 11.0 Å². The zero-order valence-corrected chi connectivity index (χ0v) is 15.0. The lowest BCUT2D eigenvalue weighted by Crippen LogP contribution is -2.45. The van der Waals surface area contributed by atoms with Crippen molar-refractivity contribution in [3.05, 3.63) is 58.4 Å². The first-order valence-corrected chi connectivity index (χ1v) is 9.15. The Kier molecular flexibility index (Phi) is 4.75. The Morgan fingerprint density at radius 3 is 2.96 bits per heavy atom. The van der Waals surface area contributed by atoms with Crippen LogP contribution in [-0.2, 0) is 19.3 Å². The molecule has 0 aliphatic heterocycles. The first-order valence-electron chi connectivity index (χ1n) is 8.77. The first-order chi connectivity index (χ1) is 12.7. The number of pyridine rings is 1. The van der Waals surface area contributed by atoms with Crippen molar-refractivity contribution >= 4 is 28.7 Å². The Bertz CT molecular complexity index is 921. The van der Waals surface area contributed by atoms with E-state index in [2.05, 4.69) is 25.8 Å². The number of carbonyl (C=O) groups excluding carboxylic acids is 1. The van der Waals surface area contributed by atoms with Crippen LogP contribution < -0.4 is 10.6 Å². The van der Waals surface area contributed by atoms with E-state index in [0.29, 0.717) is 6.54 Å². The lowest BCUT2D eigenvalue weighted by molar-refractivity contribution is 0.235. The number of benzene rings is 1. The van der Waals surface area contributed by atoms with E-state index >= 15 is 0 Å². The molecule has 1 unspecified atom stereocenters. The van der Waals surface area contributed by atoms with Crippen LogP contribution in [0, 0.1) is 0 Å². The quantitative estimate of drug-likeness (QED) is 0.661. The molecule has 3 aromatic rings. The lowest BCUT2D eigenvalue weighted by Gasteiger charge is -2.25. The SMILES string of the molecule is O=C(NCCc1ccc(Cl)cc1)NC1CCc2c(cnc3[nH]ncc23)C1. The second-order valence-electron chi connectivity index (χ2n) is 6.61. The van der Waals surface area contributed by atoms with Gasteiger partial charge in [0.2, 0.25) is 0 Å². The van der Waals surface area contributed by atoms with E-state index < -0.39 is 0 Å². The second-order valence-corrected chi connectivity index (χ2v) is 7.05. The van der Waals surface area contributed by atoms with Gasteiger partial charge in [-0.25, -0.2) is 9.78 Å². The molecule has 1 aromatic carbocycles. The third-order valence-corrected chi connectivity index (χ3v) is 5.09. The van der Waals surface area contributed by atoms with Gasteiger partial charge in [0.25, 0.3) is 0 Å². The van der Waals surface area contributed by atoms with Crippen molar-refractivity contribution in [1.29, 1.82) is 0 Å². The molecule has 0 radical (unpaired) electrons. The molecule has 2 heterocycles. The largest absolute Gasteiger partial charge is 0.338 e. The summed E-state index contributed by atoms with van der Waals surface area (Å²) in [6.45, 7) is 0.591. The van der Waals surface area contributed by atoms with Crippen LogP contribution in [0.3, 0.4) is 0 Å². The average Bonchev–Trinajstić information content (AvgIpc) is 3.12. The van der Waals surface area contributed by atoms with Crippen molar-refractivity contribution in [3.63, 3.8) is 0 Å². The molecule has 26 heavy (non-hydrogen) atoms. The number of hydrogen-bond donors (Lipinski definition) is 3. The predicted molar refractivity (Wildman–Crippen MR) is 101 cm³/mol. The number of nitrogens with zero attached hydrogens (tertiary/aromatic N) is 2. The molecule has 2 aromatic heterocycles. The summed E-state index contributed by atoms with van der Waals surface area (Å²) in [5, 5.41) is 14.8. The molecule has 134 valence electrons. The zero-order valence-electron chi connectivity index (χ0n) is 14.3. The maximum absolute atomic E-state index is 12.2. The van der Waals surface area contributed by atoms with Crippen molar-refractivity contribution in [2.75, 3.05) is 6.54 Å². The number of aromatic nitrogens is 3. The van der Waals surface area contributed by atoms with Crippen molar-refractivity contribution in [2.45, 2.75) is 31.7 Å². The minimum absolute atomic E-state index is 0.121. The Labute approximate surface area is 156 Å². The molecule has 2 amide bonds. The van der Waals surface area contributed by atoms with Gasteiger partial charge >= 0.3 is 6.03 Å².